The van der Waals surface area contributed by atoms with Crippen LogP contribution in [0.3, 0.4) is 0 Å². The van der Waals surface area contributed by atoms with Crippen molar-refractivity contribution in [1.82, 2.24) is 10.2 Å². The number of amides is 2. The van der Waals surface area contributed by atoms with Crippen molar-refractivity contribution in [1.29, 1.82) is 0 Å². The molecule has 2 aromatic carbocycles. The van der Waals surface area contributed by atoms with Crippen LogP contribution in [0.1, 0.15) is 5.56 Å². The molecule has 0 bridgehead atoms. The topological polar surface area (TPSA) is 88.1 Å². The number of methoxy groups -OCH3 is 1. The van der Waals surface area contributed by atoms with E-state index in [1.54, 1.807) is 24.1 Å². The predicted octanol–water partition coefficient (Wildman–Crippen LogP) is 2.58. The van der Waals surface area contributed by atoms with Crippen LogP contribution in [0.4, 0.5) is 10.5 Å². The summed E-state index contributed by atoms with van der Waals surface area (Å²) in [5.74, 6) is 0.650. The molecule has 1 saturated heterocycles. The molecule has 0 radical (unpaired) electrons. The van der Waals surface area contributed by atoms with Crippen molar-refractivity contribution in [2.24, 2.45) is 0 Å². The summed E-state index contributed by atoms with van der Waals surface area (Å²) in [4.78, 5) is 13.4. The zero-order chi connectivity index (χ0) is 17.1. The molecule has 2 aromatic rings. The molecule has 0 saturated carbocycles. The standard InChI is InChI=1S/C17H18N3O4/c1-24-16-6-5-12(11-19-8-7-18-17(19)21)9-15(16)13-3-2-4-14(10-13)20(22)23/h2-6,9-10,22H,7-8,11H2,1H3,(H,18,21)/q-1. The van der Waals surface area contributed by atoms with E-state index in [9.17, 15) is 10.0 Å². The fraction of sp³-hybridized carbons (Fsp3) is 0.235. The lowest BCUT2D eigenvalue weighted by Gasteiger charge is -2.22. The summed E-state index contributed by atoms with van der Waals surface area (Å²) in [6.07, 6.45) is 0. The fourth-order valence-electron chi connectivity index (χ4n) is 2.75. The number of carbonyl (C=O) groups excluding carboxylic acids is 1. The van der Waals surface area contributed by atoms with Crippen LogP contribution >= 0.6 is 0 Å². The Morgan fingerprint density at radius 1 is 1.33 bits per heavy atom. The predicted molar refractivity (Wildman–Crippen MR) is 89.9 cm³/mol. The lowest BCUT2D eigenvalue weighted by molar-refractivity contribution is 0.215. The molecule has 7 heteroatoms. The highest BCUT2D eigenvalue weighted by Gasteiger charge is 2.20. The summed E-state index contributed by atoms with van der Waals surface area (Å²) >= 11 is 0. The van der Waals surface area contributed by atoms with Gasteiger partial charge in [-0.1, -0.05) is 18.2 Å². The minimum atomic E-state index is -0.172. The number of hydrogen-bond acceptors (Lipinski definition) is 5. The van der Waals surface area contributed by atoms with Gasteiger partial charge in [0.2, 0.25) is 0 Å². The molecule has 24 heavy (non-hydrogen) atoms. The van der Waals surface area contributed by atoms with E-state index >= 15 is 0 Å². The van der Waals surface area contributed by atoms with Crippen molar-refractivity contribution < 1.29 is 14.7 Å². The Morgan fingerprint density at radius 3 is 2.83 bits per heavy atom. The number of nitrogens with one attached hydrogen (secondary N) is 1. The quantitative estimate of drug-likeness (QED) is 0.824. The number of benzene rings is 2. The number of anilines is 1. The summed E-state index contributed by atoms with van der Waals surface area (Å²) < 4.78 is 5.40. The zero-order valence-corrected chi connectivity index (χ0v) is 13.2. The molecule has 2 N–H and O–H groups in total. The molecule has 1 heterocycles. The Hall–Kier alpha value is -2.77. The molecule has 1 aliphatic heterocycles. The summed E-state index contributed by atoms with van der Waals surface area (Å²) in [5.41, 5.74) is 2.63. The van der Waals surface area contributed by atoms with E-state index in [-0.39, 0.29) is 16.9 Å². The van der Waals surface area contributed by atoms with Gasteiger partial charge in [0, 0.05) is 25.2 Å². The van der Waals surface area contributed by atoms with Crippen molar-refractivity contribution in [3.8, 4) is 16.9 Å². The first-order valence-electron chi connectivity index (χ1n) is 7.55. The fourth-order valence-corrected chi connectivity index (χ4v) is 2.75. The van der Waals surface area contributed by atoms with Crippen LogP contribution in [0.15, 0.2) is 42.5 Å². The van der Waals surface area contributed by atoms with Gasteiger partial charge in [0.1, 0.15) is 5.75 Å². The first-order valence-corrected chi connectivity index (χ1v) is 7.55. The number of nitrogens with zero attached hydrogens (tertiary/aromatic N) is 2. The molecule has 0 atom stereocenters. The maximum absolute atomic E-state index is 11.7. The highest BCUT2D eigenvalue weighted by molar-refractivity contribution is 5.77. The third kappa shape index (κ3) is 3.27. The molecule has 7 nitrogen and oxygen atoms in total. The molecule has 0 spiro atoms. The second-order valence-corrected chi connectivity index (χ2v) is 5.51. The van der Waals surface area contributed by atoms with E-state index in [0.717, 1.165) is 16.7 Å². The van der Waals surface area contributed by atoms with E-state index in [0.29, 0.717) is 25.4 Å². The molecule has 0 unspecified atom stereocenters. The van der Waals surface area contributed by atoms with Gasteiger partial charge in [-0.2, -0.15) is 0 Å². The minimum Gasteiger partial charge on any atom is -0.733 e. The summed E-state index contributed by atoms with van der Waals surface area (Å²) in [6, 6.07) is 12.2. The molecule has 0 aliphatic carbocycles. The largest absolute Gasteiger partial charge is 0.733 e. The van der Waals surface area contributed by atoms with Crippen molar-refractivity contribution in [2.45, 2.75) is 6.54 Å². The SMILES string of the molecule is COc1ccc(CN2CCNC2=O)cc1-c1cccc(N([O-])O)c1. The lowest BCUT2D eigenvalue weighted by atomic mass is 10.0. The number of urea groups is 1. The Balaban J connectivity index is 1.95. The smallest absolute Gasteiger partial charge is 0.317 e. The monoisotopic (exact) mass is 328 g/mol. The maximum Gasteiger partial charge on any atom is 0.317 e. The van der Waals surface area contributed by atoms with E-state index < -0.39 is 0 Å². The number of rotatable bonds is 5. The third-order valence-corrected chi connectivity index (χ3v) is 3.96. The molecule has 1 fully saturated rings. The molecule has 1 aliphatic rings. The number of ether oxygens (including phenoxy) is 1. The Bertz CT molecular complexity index is 748. The van der Waals surface area contributed by atoms with Crippen LogP contribution in [0.2, 0.25) is 0 Å². The number of carbonyl (C=O) groups is 1. The van der Waals surface area contributed by atoms with E-state index in [1.807, 2.05) is 24.3 Å². The summed E-state index contributed by atoms with van der Waals surface area (Å²) in [5, 5.41) is 22.8. The molecular formula is C17H18N3O4-. The van der Waals surface area contributed by atoms with Gasteiger partial charge in [-0.3, -0.25) is 5.21 Å². The zero-order valence-electron chi connectivity index (χ0n) is 13.2. The van der Waals surface area contributed by atoms with Gasteiger partial charge in [0.25, 0.3) is 0 Å². The third-order valence-electron chi connectivity index (χ3n) is 3.96. The summed E-state index contributed by atoms with van der Waals surface area (Å²) in [7, 11) is 1.57. The Kier molecular flexibility index (Phi) is 4.54. The lowest BCUT2D eigenvalue weighted by Crippen LogP contribution is -2.27. The van der Waals surface area contributed by atoms with Gasteiger partial charge in [-0.15, -0.1) is 0 Å². The Labute approximate surface area is 139 Å². The van der Waals surface area contributed by atoms with Gasteiger partial charge in [-0.05, 0) is 35.4 Å². The van der Waals surface area contributed by atoms with Crippen LogP contribution in [0.25, 0.3) is 11.1 Å². The normalized spacial score (nSPS) is 13.8. The molecule has 126 valence electrons. The van der Waals surface area contributed by atoms with Crippen molar-refractivity contribution in [2.75, 3.05) is 25.4 Å². The molecule has 0 aromatic heterocycles. The van der Waals surface area contributed by atoms with Gasteiger partial charge >= 0.3 is 6.03 Å². The van der Waals surface area contributed by atoms with E-state index in [1.165, 1.54) is 6.07 Å². The van der Waals surface area contributed by atoms with Crippen LogP contribution in [-0.4, -0.2) is 36.3 Å². The van der Waals surface area contributed by atoms with Crippen molar-refractivity contribution in [3.05, 3.63) is 53.2 Å². The van der Waals surface area contributed by atoms with Crippen LogP contribution < -0.4 is 15.3 Å². The first-order chi connectivity index (χ1) is 11.6. The van der Waals surface area contributed by atoms with Gasteiger partial charge in [-0.25, -0.2) is 4.79 Å². The molecule has 2 amide bonds. The van der Waals surface area contributed by atoms with E-state index in [2.05, 4.69) is 5.32 Å². The van der Waals surface area contributed by atoms with Crippen molar-refractivity contribution >= 4 is 11.7 Å². The minimum absolute atomic E-state index is 0.0726. The highest BCUT2D eigenvalue weighted by atomic mass is 16.8. The number of hydrogen-bond donors (Lipinski definition) is 2. The van der Waals surface area contributed by atoms with Crippen molar-refractivity contribution in [3.63, 3.8) is 0 Å². The van der Waals surface area contributed by atoms with Crippen LogP contribution in [0, 0.1) is 5.21 Å². The van der Waals surface area contributed by atoms with Gasteiger partial charge in [0.15, 0.2) is 0 Å². The van der Waals surface area contributed by atoms with Gasteiger partial charge < -0.3 is 25.4 Å². The second kappa shape index (κ2) is 6.77. The summed E-state index contributed by atoms with van der Waals surface area (Å²) in [6.45, 7) is 1.82. The molecule has 3 rings (SSSR count). The Morgan fingerprint density at radius 2 is 2.17 bits per heavy atom. The average Bonchev–Trinajstić information content (AvgIpc) is 3.00. The maximum atomic E-state index is 11.7. The molecular weight excluding hydrogens is 310 g/mol. The van der Waals surface area contributed by atoms with Crippen LogP contribution in [0.5, 0.6) is 5.75 Å². The van der Waals surface area contributed by atoms with E-state index in [4.69, 9.17) is 9.94 Å². The first kappa shape index (κ1) is 16.1. The van der Waals surface area contributed by atoms with Gasteiger partial charge in [0.05, 0.1) is 12.8 Å². The average molecular weight is 328 g/mol. The second-order valence-electron chi connectivity index (χ2n) is 5.51. The highest BCUT2D eigenvalue weighted by Crippen LogP contribution is 2.33. The van der Waals surface area contributed by atoms with Crippen LogP contribution in [-0.2, 0) is 6.54 Å².